The molecule has 106 valence electrons. The van der Waals surface area contributed by atoms with Gasteiger partial charge in [0.2, 0.25) is 11.7 Å². The molecule has 2 rings (SSSR count). The Balaban J connectivity index is 2.06. The topological polar surface area (TPSA) is 72.7 Å². The first-order chi connectivity index (χ1) is 9.60. The third-order valence-corrected chi connectivity index (χ3v) is 3.20. The van der Waals surface area contributed by atoms with Gasteiger partial charge >= 0.3 is 0 Å². The van der Waals surface area contributed by atoms with Crippen molar-refractivity contribution >= 4 is 17.5 Å². The standard InChI is InChI=1S/C13H16ClN5O/c1-3-9(2)15-12(20)8-19-17-13(16-18-19)10-6-4-5-7-11(10)14/h4-7,9H,3,8H2,1-2H3,(H,15,20)/t9-/m0/s1. The average Bonchev–Trinajstić information content (AvgIpc) is 2.87. The maximum absolute atomic E-state index is 11.7. The van der Waals surface area contributed by atoms with Crippen molar-refractivity contribution < 1.29 is 4.79 Å². The van der Waals surface area contributed by atoms with Gasteiger partial charge in [-0.1, -0.05) is 30.7 Å². The van der Waals surface area contributed by atoms with Crippen LogP contribution in [0, 0.1) is 0 Å². The van der Waals surface area contributed by atoms with E-state index < -0.39 is 0 Å². The molecular weight excluding hydrogens is 278 g/mol. The van der Waals surface area contributed by atoms with Gasteiger partial charge < -0.3 is 5.32 Å². The van der Waals surface area contributed by atoms with Crippen LogP contribution < -0.4 is 5.32 Å². The van der Waals surface area contributed by atoms with Gasteiger partial charge in [0.1, 0.15) is 6.54 Å². The second-order valence-electron chi connectivity index (χ2n) is 4.50. The number of aromatic nitrogens is 4. The fourth-order valence-corrected chi connectivity index (χ4v) is 1.83. The van der Waals surface area contributed by atoms with Crippen LogP contribution in [0.25, 0.3) is 11.4 Å². The molecule has 1 aromatic heterocycles. The lowest BCUT2D eigenvalue weighted by Gasteiger charge is -2.10. The summed E-state index contributed by atoms with van der Waals surface area (Å²) in [5.74, 6) is 0.273. The largest absolute Gasteiger partial charge is 0.352 e. The van der Waals surface area contributed by atoms with E-state index in [9.17, 15) is 4.79 Å². The zero-order chi connectivity index (χ0) is 14.5. The van der Waals surface area contributed by atoms with E-state index in [-0.39, 0.29) is 18.5 Å². The molecule has 2 aromatic rings. The van der Waals surface area contributed by atoms with Crippen LogP contribution in [0.1, 0.15) is 20.3 Å². The van der Waals surface area contributed by atoms with Crippen molar-refractivity contribution in [3.63, 3.8) is 0 Å². The van der Waals surface area contributed by atoms with Gasteiger partial charge in [-0.3, -0.25) is 4.79 Å². The quantitative estimate of drug-likeness (QED) is 0.914. The first kappa shape index (κ1) is 14.5. The van der Waals surface area contributed by atoms with Gasteiger partial charge in [-0.25, -0.2) is 0 Å². The Hall–Kier alpha value is -1.95. The fourth-order valence-electron chi connectivity index (χ4n) is 1.61. The first-order valence-corrected chi connectivity index (χ1v) is 6.80. The molecule has 0 unspecified atom stereocenters. The van der Waals surface area contributed by atoms with Gasteiger partial charge in [0.15, 0.2) is 0 Å². The lowest BCUT2D eigenvalue weighted by atomic mass is 10.2. The number of carbonyl (C=O) groups is 1. The highest BCUT2D eigenvalue weighted by Gasteiger charge is 2.12. The summed E-state index contributed by atoms with van der Waals surface area (Å²) < 4.78 is 0. The smallest absolute Gasteiger partial charge is 0.243 e. The number of rotatable bonds is 5. The monoisotopic (exact) mass is 293 g/mol. The second kappa shape index (κ2) is 6.47. The van der Waals surface area contributed by atoms with Crippen molar-refractivity contribution in [1.29, 1.82) is 0 Å². The number of carbonyl (C=O) groups excluding carboxylic acids is 1. The Labute approximate surface area is 122 Å². The molecule has 7 heteroatoms. The molecule has 6 nitrogen and oxygen atoms in total. The number of hydrogen-bond acceptors (Lipinski definition) is 4. The molecule has 1 amide bonds. The Kier molecular flexibility index (Phi) is 4.68. The van der Waals surface area contributed by atoms with Crippen LogP contribution >= 0.6 is 11.6 Å². The van der Waals surface area contributed by atoms with Crippen molar-refractivity contribution in [2.75, 3.05) is 0 Å². The minimum absolute atomic E-state index is 0.0434. The molecule has 0 aliphatic carbocycles. The van der Waals surface area contributed by atoms with Crippen molar-refractivity contribution in [3.05, 3.63) is 29.3 Å². The minimum atomic E-state index is -0.137. The third-order valence-electron chi connectivity index (χ3n) is 2.87. The average molecular weight is 294 g/mol. The highest BCUT2D eigenvalue weighted by molar-refractivity contribution is 6.33. The van der Waals surface area contributed by atoms with E-state index in [0.717, 1.165) is 6.42 Å². The van der Waals surface area contributed by atoms with Crippen LogP contribution in [-0.4, -0.2) is 32.2 Å². The number of amides is 1. The first-order valence-electron chi connectivity index (χ1n) is 6.42. The maximum Gasteiger partial charge on any atom is 0.243 e. The molecule has 1 heterocycles. The number of benzene rings is 1. The van der Waals surface area contributed by atoms with Crippen LogP contribution in [0.2, 0.25) is 5.02 Å². The second-order valence-corrected chi connectivity index (χ2v) is 4.91. The van der Waals surface area contributed by atoms with Crippen molar-refractivity contribution in [2.45, 2.75) is 32.9 Å². The molecule has 0 bridgehead atoms. The van der Waals surface area contributed by atoms with Crippen LogP contribution in [0.4, 0.5) is 0 Å². The Morgan fingerprint density at radius 3 is 2.90 bits per heavy atom. The molecule has 0 saturated heterocycles. The molecular formula is C13H16ClN5O. The predicted molar refractivity (Wildman–Crippen MR) is 76.2 cm³/mol. The van der Waals surface area contributed by atoms with Crippen LogP contribution in [0.5, 0.6) is 0 Å². The van der Waals surface area contributed by atoms with Gasteiger partial charge in [0.25, 0.3) is 0 Å². The van der Waals surface area contributed by atoms with E-state index in [4.69, 9.17) is 11.6 Å². The Morgan fingerprint density at radius 2 is 2.20 bits per heavy atom. The van der Waals surface area contributed by atoms with Crippen molar-refractivity contribution in [3.8, 4) is 11.4 Å². The van der Waals surface area contributed by atoms with E-state index in [0.29, 0.717) is 16.4 Å². The molecule has 0 fully saturated rings. The van der Waals surface area contributed by atoms with Crippen LogP contribution in [0.3, 0.4) is 0 Å². The lowest BCUT2D eigenvalue weighted by molar-refractivity contribution is -0.122. The normalized spacial score (nSPS) is 12.2. The number of hydrogen-bond donors (Lipinski definition) is 1. The molecule has 1 atom stereocenters. The minimum Gasteiger partial charge on any atom is -0.352 e. The SMILES string of the molecule is CC[C@H](C)NC(=O)Cn1nnc(-c2ccccc2Cl)n1. The summed E-state index contributed by atoms with van der Waals surface area (Å²) in [5.41, 5.74) is 0.697. The molecule has 0 aliphatic rings. The number of tetrazole rings is 1. The molecule has 0 saturated carbocycles. The van der Waals surface area contributed by atoms with E-state index >= 15 is 0 Å². The lowest BCUT2D eigenvalue weighted by Crippen LogP contribution is -2.35. The van der Waals surface area contributed by atoms with Crippen molar-refractivity contribution in [1.82, 2.24) is 25.5 Å². The fraction of sp³-hybridized carbons (Fsp3) is 0.385. The molecule has 1 aromatic carbocycles. The van der Waals surface area contributed by atoms with Crippen LogP contribution in [0.15, 0.2) is 24.3 Å². The zero-order valence-corrected chi connectivity index (χ0v) is 12.1. The van der Waals surface area contributed by atoms with Gasteiger partial charge in [-0.05, 0) is 30.7 Å². The molecule has 20 heavy (non-hydrogen) atoms. The Morgan fingerprint density at radius 1 is 1.45 bits per heavy atom. The van der Waals surface area contributed by atoms with Gasteiger partial charge in [0, 0.05) is 11.6 Å². The van der Waals surface area contributed by atoms with Crippen molar-refractivity contribution in [2.24, 2.45) is 0 Å². The summed E-state index contributed by atoms with van der Waals surface area (Å²) in [6, 6.07) is 7.37. The summed E-state index contributed by atoms with van der Waals surface area (Å²) in [4.78, 5) is 13.0. The number of nitrogens with zero attached hydrogens (tertiary/aromatic N) is 4. The molecule has 1 N–H and O–H groups in total. The van der Waals surface area contributed by atoms with E-state index in [1.54, 1.807) is 6.07 Å². The van der Waals surface area contributed by atoms with E-state index in [2.05, 4.69) is 20.7 Å². The summed E-state index contributed by atoms with van der Waals surface area (Å²) >= 11 is 6.07. The molecule has 0 spiro atoms. The third kappa shape index (κ3) is 3.54. The molecule has 0 aliphatic heterocycles. The summed E-state index contributed by atoms with van der Waals surface area (Å²) in [6.07, 6.45) is 0.876. The molecule has 0 radical (unpaired) electrons. The highest BCUT2D eigenvalue weighted by Crippen LogP contribution is 2.23. The van der Waals surface area contributed by atoms with E-state index in [1.807, 2.05) is 32.0 Å². The zero-order valence-electron chi connectivity index (χ0n) is 11.4. The van der Waals surface area contributed by atoms with Crippen LogP contribution in [-0.2, 0) is 11.3 Å². The summed E-state index contributed by atoms with van der Waals surface area (Å²) in [5, 5.41) is 15.3. The van der Waals surface area contributed by atoms with Gasteiger partial charge in [-0.15, -0.1) is 10.2 Å². The maximum atomic E-state index is 11.7. The van der Waals surface area contributed by atoms with Gasteiger partial charge in [-0.2, -0.15) is 4.80 Å². The van der Waals surface area contributed by atoms with E-state index in [1.165, 1.54) is 4.80 Å². The summed E-state index contributed by atoms with van der Waals surface area (Å²) in [7, 11) is 0. The predicted octanol–water partition coefficient (Wildman–Crippen LogP) is 1.91. The number of nitrogens with one attached hydrogen (secondary N) is 1. The summed E-state index contributed by atoms with van der Waals surface area (Å²) in [6.45, 7) is 4.00. The number of halogens is 1. The Bertz CT molecular complexity index is 598. The van der Waals surface area contributed by atoms with Gasteiger partial charge in [0.05, 0.1) is 5.02 Å². The highest BCUT2D eigenvalue weighted by atomic mass is 35.5.